The van der Waals surface area contributed by atoms with Crippen LogP contribution >= 0.6 is 0 Å². The van der Waals surface area contributed by atoms with Crippen molar-refractivity contribution in [2.45, 2.75) is 119 Å². The number of hydrogen-bond donors (Lipinski definition) is 4. The number of sulfone groups is 3. The smallest absolute Gasteiger partial charge is 0.203 e. The molecule has 0 saturated carbocycles. The topological polar surface area (TPSA) is 196 Å². The standard InChI is InChI=1S/C16H32N2O4S.C14H19NO3S.C11H21NO3S/c1-2-12-23(21,22)16-13-15(20)6-11-18(16)8-3-7-17-9-4-14(19)5-10-17;1-12(11-15-9-7-13(16)8-10-15)19(17,18)14-5-3-2-4-6-14;1-3-8-16(14,15)10(2)9-12-6-4-11(13)5-7-12/h14-16,19-20H,2-13H2,1H3;2-6,13,16H,1,7-11H2;11,13H,2-9H2,1H3. The molecule has 4 N–H and O–H groups in total. The highest BCUT2D eigenvalue weighted by atomic mass is 32.2. The van der Waals surface area contributed by atoms with Crippen molar-refractivity contribution in [1.82, 2.24) is 19.6 Å². The maximum Gasteiger partial charge on any atom is 0.203 e. The van der Waals surface area contributed by atoms with Crippen LogP contribution in [-0.4, -0.2) is 179 Å². The van der Waals surface area contributed by atoms with Crippen molar-refractivity contribution in [1.29, 1.82) is 0 Å². The maximum atomic E-state index is 12.5. The van der Waals surface area contributed by atoms with Gasteiger partial charge in [-0.05, 0) is 82.9 Å². The normalized spacial score (nSPS) is 23.0. The van der Waals surface area contributed by atoms with E-state index in [0.717, 1.165) is 71.4 Å². The van der Waals surface area contributed by atoms with Gasteiger partial charge in [-0.1, -0.05) is 45.2 Å². The van der Waals surface area contributed by atoms with Gasteiger partial charge in [0.2, 0.25) is 9.84 Å². The van der Waals surface area contributed by atoms with E-state index in [9.17, 15) is 45.7 Å². The third kappa shape index (κ3) is 16.9. The van der Waals surface area contributed by atoms with Crippen LogP contribution in [0.2, 0.25) is 0 Å². The van der Waals surface area contributed by atoms with Gasteiger partial charge in [-0.3, -0.25) is 14.7 Å². The summed E-state index contributed by atoms with van der Waals surface area (Å²) in [5.74, 6) is 0.382. The van der Waals surface area contributed by atoms with Crippen LogP contribution in [0.5, 0.6) is 0 Å². The number of aliphatic hydroxyl groups excluding tert-OH is 4. The molecule has 334 valence electrons. The number of hydrogen-bond acceptors (Lipinski definition) is 14. The van der Waals surface area contributed by atoms with E-state index in [1.54, 1.807) is 30.3 Å². The summed E-state index contributed by atoms with van der Waals surface area (Å²) in [5.41, 5.74) is 0. The molecule has 0 spiro atoms. The van der Waals surface area contributed by atoms with Crippen molar-refractivity contribution in [2.75, 3.05) is 83.5 Å². The number of benzene rings is 1. The zero-order valence-corrected chi connectivity index (χ0v) is 37.4. The molecule has 4 aliphatic rings. The quantitative estimate of drug-likeness (QED) is 0.189. The Morgan fingerprint density at radius 3 is 1.53 bits per heavy atom. The highest BCUT2D eigenvalue weighted by Crippen LogP contribution is 2.24. The summed E-state index contributed by atoms with van der Waals surface area (Å²) >= 11 is 0. The van der Waals surface area contributed by atoms with Gasteiger partial charge < -0.3 is 25.3 Å². The Hall–Kier alpha value is -1.77. The van der Waals surface area contributed by atoms with Crippen LogP contribution in [0.4, 0.5) is 0 Å². The first kappa shape index (κ1) is 50.6. The minimum atomic E-state index is -3.45. The lowest BCUT2D eigenvalue weighted by Crippen LogP contribution is -2.50. The van der Waals surface area contributed by atoms with Crippen LogP contribution in [0.3, 0.4) is 0 Å². The van der Waals surface area contributed by atoms with E-state index in [0.29, 0.717) is 76.2 Å². The lowest BCUT2D eigenvalue weighted by molar-refractivity contribution is 0.0601. The predicted octanol–water partition coefficient (Wildman–Crippen LogP) is 2.65. The lowest BCUT2D eigenvalue weighted by Gasteiger charge is -2.38. The molecule has 4 aliphatic heterocycles. The predicted molar refractivity (Wildman–Crippen MR) is 230 cm³/mol. The largest absolute Gasteiger partial charge is 0.393 e. The zero-order chi connectivity index (χ0) is 42.9. The van der Waals surface area contributed by atoms with Crippen LogP contribution in [0, 0.1) is 0 Å². The molecule has 0 aliphatic carbocycles. The Kier molecular flexibility index (Phi) is 21.5. The zero-order valence-electron chi connectivity index (χ0n) is 34.9. The number of aliphatic hydroxyl groups is 4. The third-order valence-electron chi connectivity index (χ3n) is 11.3. The third-order valence-corrected chi connectivity index (χ3v) is 17.3. The van der Waals surface area contributed by atoms with E-state index in [4.69, 9.17) is 0 Å². The van der Waals surface area contributed by atoms with Crippen molar-refractivity contribution in [3.63, 3.8) is 0 Å². The minimum Gasteiger partial charge on any atom is -0.393 e. The van der Waals surface area contributed by atoms with Gasteiger partial charge >= 0.3 is 0 Å². The van der Waals surface area contributed by atoms with Crippen molar-refractivity contribution >= 4 is 29.5 Å². The highest BCUT2D eigenvalue weighted by molar-refractivity contribution is 7.95. The molecule has 0 radical (unpaired) electrons. The van der Waals surface area contributed by atoms with Crippen molar-refractivity contribution < 1.29 is 45.7 Å². The second kappa shape index (κ2) is 24.6. The Labute approximate surface area is 349 Å². The van der Waals surface area contributed by atoms with Gasteiger partial charge in [0.1, 0.15) is 5.37 Å². The number of rotatable bonds is 16. The highest BCUT2D eigenvalue weighted by Gasteiger charge is 2.36. The molecule has 1 aromatic rings. The van der Waals surface area contributed by atoms with E-state index in [1.807, 2.05) is 23.6 Å². The van der Waals surface area contributed by atoms with Crippen LogP contribution in [0.25, 0.3) is 0 Å². The van der Waals surface area contributed by atoms with E-state index >= 15 is 0 Å². The molecule has 0 aromatic heterocycles. The average molecular weight is 877 g/mol. The number of nitrogens with zero attached hydrogens (tertiary/aromatic N) is 4. The molecule has 2 atom stereocenters. The molecule has 4 saturated heterocycles. The average Bonchev–Trinajstić information content (AvgIpc) is 3.18. The Balaban J connectivity index is 0.000000237. The van der Waals surface area contributed by atoms with Gasteiger partial charge in [0.25, 0.3) is 0 Å². The molecular formula is C41H72N4O10S3. The summed E-state index contributed by atoms with van der Waals surface area (Å²) < 4.78 is 72.9. The van der Waals surface area contributed by atoms with E-state index in [1.165, 1.54) is 0 Å². The monoisotopic (exact) mass is 876 g/mol. The Morgan fingerprint density at radius 1 is 0.603 bits per heavy atom. The van der Waals surface area contributed by atoms with Crippen molar-refractivity contribution in [3.8, 4) is 0 Å². The summed E-state index contributed by atoms with van der Waals surface area (Å²) in [7, 11) is -9.73. The maximum absolute atomic E-state index is 12.5. The molecule has 17 heteroatoms. The van der Waals surface area contributed by atoms with Gasteiger partial charge in [0.15, 0.2) is 19.7 Å². The van der Waals surface area contributed by atoms with E-state index < -0.39 is 41.0 Å². The lowest BCUT2D eigenvalue weighted by atomic mass is 10.1. The van der Waals surface area contributed by atoms with Gasteiger partial charge in [0, 0.05) is 71.9 Å². The number of likely N-dealkylation sites (tertiary alicyclic amines) is 4. The molecule has 0 amide bonds. The fraction of sp³-hybridized carbons (Fsp3) is 0.756. The molecule has 1 aromatic carbocycles. The van der Waals surface area contributed by atoms with Crippen molar-refractivity contribution in [2.24, 2.45) is 0 Å². The Morgan fingerprint density at radius 2 is 1.05 bits per heavy atom. The van der Waals surface area contributed by atoms with Crippen LogP contribution in [0.15, 0.2) is 58.2 Å². The molecular weight excluding hydrogens is 805 g/mol. The second-order valence-electron chi connectivity index (χ2n) is 16.2. The van der Waals surface area contributed by atoms with E-state index in [2.05, 4.69) is 23.0 Å². The first-order valence-corrected chi connectivity index (χ1v) is 26.0. The second-order valence-corrected chi connectivity index (χ2v) is 22.7. The molecule has 4 heterocycles. The molecule has 0 bridgehead atoms. The van der Waals surface area contributed by atoms with Gasteiger partial charge in [-0.15, -0.1) is 0 Å². The molecule has 14 nitrogen and oxygen atoms in total. The first-order chi connectivity index (χ1) is 27.4. The fourth-order valence-corrected chi connectivity index (χ4v) is 12.1. The summed E-state index contributed by atoms with van der Waals surface area (Å²) in [6.07, 6.45) is 6.57. The molecule has 5 rings (SSSR count). The molecule has 2 unspecified atom stereocenters. The first-order valence-electron chi connectivity index (χ1n) is 21.1. The fourth-order valence-electron chi connectivity index (χ4n) is 7.67. The van der Waals surface area contributed by atoms with Gasteiger partial charge in [0.05, 0.1) is 50.6 Å². The molecule has 4 fully saturated rings. The summed E-state index contributed by atoms with van der Waals surface area (Å²) in [6, 6.07) is 8.36. The molecule has 58 heavy (non-hydrogen) atoms. The van der Waals surface area contributed by atoms with Crippen LogP contribution in [0.1, 0.15) is 84.5 Å². The minimum absolute atomic E-state index is 0.154. The van der Waals surface area contributed by atoms with Crippen LogP contribution < -0.4 is 0 Å². The van der Waals surface area contributed by atoms with Gasteiger partial charge in [-0.2, -0.15) is 0 Å². The summed E-state index contributed by atoms with van der Waals surface area (Å²) in [5, 5.41) is 37.6. The SMILES string of the molecule is C=C(CN1CCC(O)CC1)S(=O)(=O)CCC.C=C(CN1CCC(O)CC1)S(=O)(=O)c1ccccc1.CCCS(=O)(=O)C1CC(O)CCN1CCCN1CCC(O)CC1. The van der Waals surface area contributed by atoms with Crippen LogP contribution in [-0.2, 0) is 29.5 Å². The summed E-state index contributed by atoms with van der Waals surface area (Å²) in [4.78, 5) is 9.29. The van der Waals surface area contributed by atoms with Gasteiger partial charge in [-0.25, -0.2) is 25.3 Å². The van der Waals surface area contributed by atoms with Crippen molar-refractivity contribution in [3.05, 3.63) is 53.3 Å². The Bertz CT molecular complexity index is 1710. The summed E-state index contributed by atoms with van der Waals surface area (Å²) in [6.45, 7) is 19.0. The van der Waals surface area contributed by atoms with E-state index in [-0.39, 0.29) is 39.6 Å². The number of piperidine rings is 4.